The third-order valence-electron chi connectivity index (χ3n) is 2.56. The summed E-state index contributed by atoms with van der Waals surface area (Å²) >= 11 is 0. The molecule has 0 saturated heterocycles. The lowest BCUT2D eigenvalue weighted by Gasteiger charge is -2.05. The zero-order valence-corrected chi connectivity index (χ0v) is 11.0. The number of anilines is 1. The van der Waals surface area contributed by atoms with Crippen LogP contribution in [0, 0.1) is 15.9 Å². The molecule has 0 bridgehead atoms. The molecule has 6 nitrogen and oxygen atoms in total. The van der Waals surface area contributed by atoms with Crippen LogP contribution in [0.2, 0.25) is 0 Å². The molecule has 2 N–H and O–H groups in total. The Labute approximate surface area is 116 Å². The highest BCUT2D eigenvalue weighted by Gasteiger charge is 2.20. The summed E-state index contributed by atoms with van der Waals surface area (Å²) in [7, 11) is -1.68. The van der Waals surface area contributed by atoms with Gasteiger partial charge in [-0.25, -0.2) is 4.98 Å². The molecule has 8 heteroatoms. The molecule has 1 unspecified atom stereocenters. The Hall–Kier alpha value is -2.35. The first kappa shape index (κ1) is 14.1. The highest BCUT2D eigenvalue weighted by atomic mass is 32.2. The summed E-state index contributed by atoms with van der Waals surface area (Å²) in [5.41, 5.74) is 5.21. The van der Waals surface area contributed by atoms with Crippen LogP contribution >= 0.6 is 0 Å². The summed E-state index contributed by atoms with van der Waals surface area (Å²) in [5, 5.41) is 10.8. The minimum absolute atomic E-state index is 0.0115. The lowest BCUT2D eigenvalue weighted by Crippen LogP contribution is -2.05. The molecule has 0 radical (unpaired) electrons. The predicted molar refractivity (Wildman–Crippen MR) is 71.8 cm³/mol. The Morgan fingerprint density at radius 1 is 1.35 bits per heavy atom. The number of aromatic nitrogens is 1. The van der Waals surface area contributed by atoms with E-state index >= 15 is 0 Å². The Balaban J connectivity index is 2.32. The molecule has 0 fully saturated rings. The Kier molecular flexibility index (Phi) is 4.04. The number of hydrogen-bond acceptors (Lipinski definition) is 5. The number of nitro benzene ring substituents is 1. The molecule has 0 aliphatic heterocycles. The molecular weight excluding hydrogens is 285 g/mol. The van der Waals surface area contributed by atoms with E-state index in [0.717, 1.165) is 6.07 Å². The van der Waals surface area contributed by atoms with Crippen LogP contribution in [-0.4, -0.2) is 14.1 Å². The normalized spacial score (nSPS) is 12.1. The lowest BCUT2D eigenvalue weighted by atomic mass is 10.2. The fourth-order valence-corrected chi connectivity index (χ4v) is 2.77. The van der Waals surface area contributed by atoms with Crippen LogP contribution in [0.15, 0.2) is 41.6 Å². The molecule has 0 aliphatic rings. The van der Waals surface area contributed by atoms with Crippen molar-refractivity contribution in [3.8, 4) is 0 Å². The summed E-state index contributed by atoms with van der Waals surface area (Å²) in [6, 6.07) is 6.86. The molecule has 0 saturated carbocycles. The summed E-state index contributed by atoms with van der Waals surface area (Å²) < 4.78 is 26.0. The van der Waals surface area contributed by atoms with E-state index in [1.165, 1.54) is 24.4 Å². The van der Waals surface area contributed by atoms with Crippen LogP contribution in [-0.2, 0) is 16.6 Å². The van der Waals surface area contributed by atoms with Crippen LogP contribution in [0.25, 0.3) is 0 Å². The van der Waals surface area contributed by atoms with Crippen LogP contribution in [0.3, 0.4) is 0 Å². The van der Waals surface area contributed by atoms with Crippen molar-refractivity contribution in [1.82, 2.24) is 4.98 Å². The van der Waals surface area contributed by atoms with Crippen LogP contribution < -0.4 is 5.73 Å². The van der Waals surface area contributed by atoms with Crippen molar-refractivity contribution in [1.29, 1.82) is 0 Å². The van der Waals surface area contributed by atoms with Crippen LogP contribution in [0.4, 0.5) is 15.8 Å². The van der Waals surface area contributed by atoms with Crippen molar-refractivity contribution in [2.24, 2.45) is 0 Å². The van der Waals surface area contributed by atoms with Crippen molar-refractivity contribution in [3.05, 3.63) is 58.0 Å². The molecule has 0 spiro atoms. The zero-order chi connectivity index (χ0) is 14.7. The van der Waals surface area contributed by atoms with E-state index in [-0.39, 0.29) is 22.0 Å². The van der Waals surface area contributed by atoms with E-state index in [1.54, 1.807) is 6.07 Å². The number of nitrogens with two attached hydrogens (primary N) is 1. The van der Waals surface area contributed by atoms with E-state index < -0.39 is 27.2 Å². The molecule has 20 heavy (non-hydrogen) atoms. The van der Waals surface area contributed by atoms with Crippen molar-refractivity contribution >= 4 is 22.2 Å². The smallest absolute Gasteiger partial charge is 0.305 e. The van der Waals surface area contributed by atoms with Gasteiger partial charge in [-0.1, -0.05) is 12.1 Å². The molecule has 1 atom stereocenters. The van der Waals surface area contributed by atoms with Gasteiger partial charge in [-0.05, 0) is 12.1 Å². The van der Waals surface area contributed by atoms with Crippen molar-refractivity contribution in [2.75, 3.05) is 5.73 Å². The number of halogens is 1. The minimum atomic E-state index is -1.68. The zero-order valence-electron chi connectivity index (χ0n) is 10.2. The summed E-state index contributed by atoms with van der Waals surface area (Å²) in [6.45, 7) is 0. The van der Waals surface area contributed by atoms with Gasteiger partial charge >= 0.3 is 5.69 Å². The second-order valence-corrected chi connectivity index (χ2v) is 5.26. The molecule has 2 aromatic rings. The van der Waals surface area contributed by atoms with Gasteiger partial charge in [0.2, 0.25) is 5.82 Å². The maximum Gasteiger partial charge on any atom is 0.305 e. The molecule has 1 aromatic carbocycles. The fraction of sp³-hybridized carbons (Fsp3) is 0.0833. The van der Waals surface area contributed by atoms with E-state index in [0.29, 0.717) is 0 Å². The molecule has 1 heterocycles. The Morgan fingerprint density at radius 2 is 2.10 bits per heavy atom. The van der Waals surface area contributed by atoms with E-state index in [2.05, 4.69) is 4.98 Å². The van der Waals surface area contributed by atoms with Gasteiger partial charge in [0.25, 0.3) is 0 Å². The average molecular weight is 295 g/mol. The second kappa shape index (κ2) is 5.74. The summed E-state index contributed by atoms with van der Waals surface area (Å²) in [4.78, 5) is 13.7. The number of hydrogen-bond donors (Lipinski definition) is 1. The lowest BCUT2D eigenvalue weighted by molar-refractivity contribution is -0.387. The van der Waals surface area contributed by atoms with E-state index in [9.17, 15) is 18.7 Å². The molecule has 104 valence electrons. The van der Waals surface area contributed by atoms with Crippen LogP contribution in [0.1, 0.15) is 5.56 Å². The van der Waals surface area contributed by atoms with Crippen molar-refractivity contribution in [3.63, 3.8) is 0 Å². The maximum atomic E-state index is 13.9. The highest BCUT2D eigenvalue weighted by Crippen LogP contribution is 2.23. The van der Waals surface area contributed by atoms with Gasteiger partial charge in [-0.3, -0.25) is 14.3 Å². The fourth-order valence-electron chi connectivity index (χ4n) is 1.62. The van der Waals surface area contributed by atoms with Gasteiger partial charge in [-0.15, -0.1) is 0 Å². The summed E-state index contributed by atoms with van der Waals surface area (Å²) in [6.07, 6.45) is 1.42. The number of nitrogen functional groups attached to an aromatic ring is 1. The number of nitro groups is 1. The quantitative estimate of drug-likeness (QED) is 0.687. The highest BCUT2D eigenvalue weighted by molar-refractivity contribution is 7.84. The number of benzene rings is 1. The van der Waals surface area contributed by atoms with Gasteiger partial charge < -0.3 is 5.73 Å². The first-order valence-corrected chi connectivity index (χ1v) is 6.83. The first-order chi connectivity index (χ1) is 9.50. The molecule has 0 amide bonds. The summed E-state index contributed by atoms with van der Waals surface area (Å²) in [5.74, 6) is -1.21. The van der Waals surface area contributed by atoms with Gasteiger partial charge in [0.1, 0.15) is 5.03 Å². The topological polar surface area (TPSA) is 99.1 Å². The third kappa shape index (κ3) is 2.80. The second-order valence-electron chi connectivity index (χ2n) is 3.89. The minimum Gasteiger partial charge on any atom is -0.396 e. The predicted octanol–water partition coefficient (Wildman–Crippen LogP) is 2.02. The Morgan fingerprint density at radius 3 is 2.75 bits per heavy atom. The standard InChI is InChI=1S/C12H10FN3O3S/c13-11-8(3-1-5-10(11)16(17)18)7-20(19)12-9(14)4-2-6-15-12/h1-6H,7,14H2. The van der Waals surface area contributed by atoms with E-state index in [1.807, 2.05) is 0 Å². The van der Waals surface area contributed by atoms with Gasteiger partial charge in [0.15, 0.2) is 0 Å². The number of rotatable bonds is 4. The third-order valence-corrected chi connectivity index (χ3v) is 3.90. The number of nitrogens with zero attached hydrogens (tertiary/aromatic N) is 2. The van der Waals surface area contributed by atoms with Gasteiger partial charge in [0.05, 0.1) is 27.2 Å². The SMILES string of the molecule is Nc1cccnc1S(=O)Cc1cccc([N+](=O)[O-])c1F. The maximum absolute atomic E-state index is 13.9. The van der Waals surface area contributed by atoms with Gasteiger partial charge in [0, 0.05) is 17.8 Å². The van der Waals surface area contributed by atoms with Crippen molar-refractivity contribution < 1.29 is 13.5 Å². The van der Waals surface area contributed by atoms with Gasteiger partial charge in [-0.2, -0.15) is 4.39 Å². The van der Waals surface area contributed by atoms with Crippen molar-refractivity contribution in [2.45, 2.75) is 10.8 Å². The first-order valence-electron chi connectivity index (χ1n) is 5.51. The molecule has 2 rings (SSSR count). The number of pyridine rings is 1. The van der Waals surface area contributed by atoms with Crippen LogP contribution in [0.5, 0.6) is 0 Å². The van der Waals surface area contributed by atoms with E-state index in [4.69, 9.17) is 5.73 Å². The molecular formula is C12H10FN3O3S. The Bertz CT molecular complexity index is 693. The molecule has 1 aromatic heterocycles. The molecule has 0 aliphatic carbocycles. The monoisotopic (exact) mass is 295 g/mol. The largest absolute Gasteiger partial charge is 0.396 e. The average Bonchev–Trinajstić information content (AvgIpc) is 2.41.